The third kappa shape index (κ3) is 7.81. The van der Waals surface area contributed by atoms with Crippen molar-refractivity contribution >= 4 is 22.2 Å². The van der Waals surface area contributed by atoms with Crippen molar-refractivity contribution in [1.29, 1.82) is 0 Å². The lowest BCUT2D eigenvalue weighted by atomic mass is 10.0. The molecule has 0 fully saturated rings. The van der Waals surface area contributed by atoms with Crippen molar-refractivity contribution in [2.24, 2.45) is 0 Å². The zero-order chi connectivity index (χ0) is 20.6. The van der Waals surface area contributed by atoms with Gasteiger partial charge in [-0.25, -0.2) is 8.42 Å². The summed E-state index contributed by atoms with van der Waals surface area (Å²) < 4.78 is 25.4. The molecule has 0 saturated carbocycles. The van der Waals surface area contributed by atoms with Crippen LogP contribution >= 0.6 is 12.4 Å². The molecule has 0 saturated heterocycles. The number of nitrogens with zero attached hydrogens (tertiary/aromatic N) is 1. The summed E-state index contributed by atoms with van der Waals surface area (Å²) in [5, 5.41) is 0. The number of sulfone groups is 1. The molecule has 2 aromatic carbocycles. The Balaban J connectivity index is 0.00000420. The van der Waals surface area contributed by atoms with Crippen LogP contribution in [0.25, 0.3) is 0 Å². The summed E-state index contributed by atoms with van der Waals surface area (Å²) in [7, 11) is -3.34. The zero-order valence-corrected chi connectivity index (χ0v) is 19.0. The van der Waals surface area contributed by atoms with Crippen LogP contribution in [0.5, 0.6) is 0 Å². The molecular weight excluding hydrogens is 402 g/mol. The normalized spacial score (nSPS) is 11.3. The van der Waals surface area contributed by atoms with Crippen molar-refractivity contribution in [2.45, 2.75) is 36.8 Å². The minimum Gasteiger partial charge on any atom is -0.296 e. The molecule has 0 amide bonds. The summed E-state index contributed by atoms with van der Waals surface area (Å²) in [5.74, 6) is 0.408. The molecule has 0 atom stereocenters. The standard InChI is InChI=1S/C24H31NO2S.ClH/c1-5-16-25(17-6-2)18-15-21-7-9-22(10-8-21)19-28(26,27)24-13-11-23(12-14-24)20(3)4;/h5-14,20H,1-2,15-19H2,3-4H3;1H. The highest BCUT2D eigenvalue weighted by atomic mass is 35.5. The van der Waals surface area contributed by atoms with E-state index in [-0.39, 0.29) is 18.2 Å². The van der Waals surface area contributed by atoms with Crippen molar-refractivity contribution in [2.75, 3.05) is 19.6 Å². The highest BCUT2D eigenvalue weighted by Crippen LogP contribution is 2.21. The van der Waals surface area contributed by atoms with Gasteiger partial charge in [0.15, 0.2) is 9.84 Å². The minimum atomic E-state index is -3.34. The van der Waals surface area contributed by atoms with Crippen molar-refractivity contribution in [3.8, 4) is 0 Å². The van der Waals surface area contributed by atoms with E-state index in [1.807, 2.05) is 48.6 Å². The molecule has 0 unspecified atom stereocenters. The maximum atomic E-state index is 12.7. The average molecular weight is 434 g/mol. The molecule has 5 heteroatoms. The maximum absolute atomic E-state index is 12.7. The van der Waals surface area contributed by atoms with E-state index in [0.29, 0.717) is 10.8 Å². The molecule has 0 radical (unpaired) electrons. The molecule has 0 aliphatic carbocycles. The fraction of sp³-hybridized carbons (Fsp3) is 0.333. The molecule has 2 aromatic rings. The number of hydrogen-bond acceptors (Lipinski definition) is 3. The molecule has 3 nitrogen and oxygen atoms in total. The smallest absolute Gasteiger partial charge is 0.182 e. The predicted molar refractivity (Wildman–Crippen MR) is 126 cm³/mol. The molecule has 0 bridgehead atoms. The number of halogens is 1. The van der Waals surface area contributed by atoms with Gasteiger partial charge in [-0.2, -0.15) is 0 Å². The molecule has 0 aliphatic rings. The highest BCUT2D eigenvalue weighted by molar-refractivity contribution is 7.90. The van der Waals surface area contributed by atoms with Crippen molar-refractivity contribution < 1.29 is 8.42 Å². The van der Waals surface area contributed by atoms with Crippen LogP contribution in [-0.4, -0.2) is 33.0 Å². The van der Waals surface area contributed by atoms with Crippen LogP contribution < -0.4 is 0 Å². The van der Waals surface area contributed by atoms with E-state index in [0.717, 1.165) is 37.2 Å². The van der Waals surface area contributed by atoms with Gasteiger partial charge in [0.05, 0.1) is 10.6 Å². The number of hydrogen-bond donors (Lipinski definition) is 0. The monoisotopic (exact) mass is 433 g/mol. The largest absolute Gasteiger partial charge is 0.296 e. The summed E-state index contributed by atoms with van der Waals surface area (Å²) in [4.78, 5) is 2.64. The van der Waals surface area contributed by atoms with Gasteiger partial charge in [-0.15, -0.1) is 25.6 Å². The van der Waals surface area contributed by atoms with Gasteiger partial charge >= 0.3 is 0 Å². The molecule has 2 rings (SSSR count). The van der Waals surface area contributed by atoms with Crippen LogP contribution in [0, 0.1) is 0 Å². The molecule has 29 heavy (non-hydrogen) atoms. The first-order valence-corrected chi connectivity index (χ1v) is 11.4. The molecular formula is C24H32ClNO2S. The molecule has 0 aromatic heterocycles. The SMILES string of the molecule is C=CCN(CC=C)CCc1ccc(CS(=O)(=O)c2ccc(C(C)C)cc2)cc1.Cl. The van der Waals surface area contributed by atoms with Gasteiger partial charge in [0, 0.05) is 19.6 Å². The van der Waals surface area contributed by atoms with Crippen molar-refractivity contribution in [3.63, 3.8) is 0 Å². The predicted octanol–water partition coefficient (Wildman–Crippen LogP) is 5.42. The third-order valence-corrected chi connectivity index (χ3v) is 6.48. The Morgan fingerprint density at radius 2 is 1.41 bits per heavy atom. The van der Waals surface area contributed by atoms with Crippen molar-refractivity contribution in [1.82, 2.24) is 4.90 Å². The number of rotatable bonds is 11. The third-order valence-electron chi connectivity index (χ3n) is 4.78. The van der Waals surface area contributed by atoms with Crippen LogP contribution in [-0.2, 0) is 22.0 Å². The van der Waals surface area contributed by atoms with E-state index in [4.69, 9.17) is 0 Å². The van der Waals surface area contributed by atoms with Gasteiger partial charge in [0.25, 0.3) is 0 Å². The van der Waals surface area contributed by atoms with Crippen LogP contribution in [0.4, 0.5) is 0 Å². The Morgan fingerprint density at radius 1 is 0.897 bits per heavy atom. The highest BCUT2D eigenvalue weighted by Gasteiger charge is 2.15. The topological polar surface area (TPSA) is 37.4 Å². The summed E-state index contributed by atoms with van der Waals surface area (Å²) in [6.45, 7) is 14.3. The summed E-state index contributed by atoms with van der Waals surface area (Å²) in [5.41, 5.74) is 3.15. The Kier molecular flexibility index (Phi) is 10.4. The van der Waals surface area contributed by atoms with Crippen molar-refractivity contribution in [3.05, 3.63) is 90.5 Å². The second kappa shape index (κ2) is 12.0. The fourth-order valence-corrected chi connectivity index (χ4v) is 4.42. The van der Waals surface area contributed by atoms with Gasteiger partial charge < -0.3 is 0 Å². The first kappa shape index (κ1) is 25.2. The Bertz CT molecular complexity index is 862. The first-order chi connectivity index (χ1) is 13.4. The Morgan fingerprint density at radius 3 is 1.90 bits per heavy atom. The second-order valence-corrected chi connectivity index (χ2v) is 9.38. The van der Waals surface area contributed by atoms with E-state index in [9.17, 15) is 8.42 Å². The van der Waals surface area contributed by atoms with Gasteiger partial charge in [-0.3, -0.25) is 4.90 Å². The number of benzene rings is 2. The van der Waals surface area contributed by atoms with E-state index in [1.165, 1.54) is 5.56 Å². The van der Waals surface area contributed by atoms with E-state index >= 15 is 0 Å². The maximum Gasteiger partial charge on any atom is 0.182 e. The lowest BCUT2D eigenvalue weighted by Gasteiger charge is -2.18. The average Bonchev–Trinajstić information content (AvgIpc) is 2.67. The summed E-state index contributed by atoms with van der Waals surface area (Å²) in [6.07, 6.45) is 4.70. The van der Waals surface area contributed by atoms with Crippen LogP contribution in [0.2, 0.25) is 0 Å². The van der Waals surface area contributed by atoms with Gasteiger partial charge in [-0.1, -0.05) is 62.4 Å². The molecule has 0 aliphatic heterocycles. The second-order valence-electron chi connectivity index (χ2n) is 7.39. The van der Waals surface area contributed by atoms with Gasteiger partial charge in [0.1, 0.15) is 0 Å². The summed E-state index contributed by atoms with van der Waals surface area (Å²) in [6, 6.07) is 15.1. The molecule has 0 spiro atoms. The minimum absolute atomic E-state index is 0. The van der Waals surface area contributed by atoms with Crippen LogP contribution in [0.3, 0.4) is 0 Å². The Labute approximate surface area is 182 Å². The molecule has 0 N–H and O–H groups in total. The van der Waals surface area contributed by atoms with Crippen LogP contribution in [0.15, 0.2) is 78.7 Å². The van der Waals surface area contributed by atoms with E-state index in [1.54, 1.807) is 12.1 Å². The van der Waals surface area contributed by atoms with E-state index < -0.39 is 9.84 Å². The zero-order valence-electron chi connectivity index (χ0n) is 17.4. The first-order valence-electron chi connectivity index (χ1n) is 9.70. The van der Waals surface area contributed by atoms with Gasteiger partial charge in [0.2, 0.25) is 0 Å². The lowest BCUT2D eigenvalue weighted by molar-refractivity contribution is 0.340. The summed E-state index contributed by atoms with van der Waals surface area (Å²) >= 11 is 0. The fourth-order valence-electron chi connectivity index (χ4n) is 3.07. The van der Waals surface area contributed by atoms with Crippen LogP contribution in [0.1, 0.15) is 36.5 Å². The molecule has 158 valence electrons. The quantitative estimate of drug-likeness (QED) is 0.444. The van der Waals surface area contributed by atoms with E-state index in [2.05, 4.69) is 31.9 Å². The van der Waals surface area contributed by atoms with Gasteiger partial charge in [-0.05, 0) is 41.2 Å². The Hall–Kier alpha value is -1.88. The molecule has 0 heterocycles. The lowest BCUT2D eigenvalue weighted by Crippen LogP contribution is -2.26.